The summed E-state index contributed by atoms with van der Waals surface area (Å²) in [5, 5.41) is 30.7. The second-order valence-electron chi connectivity index (χ2n) is 4.02. The molecule has 0 saturated carbocycles. The molecular weight excluding hydrogens is 306 g/mol. The minimum absolute atomic E-state index is 0. The highest BCUT2D eigenvalue weighted by molar-refractivity contribution is 5.85. The monoisotopic (exact) mass is 319 g/mol. The van der Waals surface area contributed by atoms with E-state index in [1.807, 2.05) is 0 Å². The normalized spacial score (nSPS) is 12.6. The van der Waals surface area contributed by atoms with Crippen LogP contribution in [0.3, 0.4) is 0 Å². The van der Waals surface area contributed by atoms with E-state index in [-0.39, 0.29) is 24.5 Å². The number of rotatable bonds is 7. The van der Waals surface area contributed by atoms with Crippen LogP contribution in [-0.4, -0.2) is 39.2 Å². The van der Waals surface area contributed by atoms with Gasteiger partial charge >= 0.3 is 11.9 Å². The Hall–Kier alpha value is -2.39. The summed E-state index contributed by atoms with van der Waals surface area (Å²) in [4.78, 5) is 31.5. The lowest BCUT2D eigenvalue weighted by molar-refractivity contribution is -0.384. The van der Waals surface area contributed by atoms with E-state index in [0.29, 0.717) is 5.69 Å². The average molecular weight is 320 g/mol. The number of nitrogens with one attached hydrogen (secondary N) is 1. The zero-order valence-corrected chi connectivity index (χ0v) is 11.4. The van der Waals surface area contributed by atoms with Crippen LogP contribution in [0.2, 0.25) is 0 Å². The molecule has 10 heteroatoms. The Balaban J connectivity index is 0.00000400. The van der Waals surface area contributed by atoms with Crippen LogP contribution in [0.5, 0.6) is 0 Å². The first-order chi connectivity index (χ1) is 9.31. The van der Waals surface area contributed by atoms with Crippen LogP contribution in [0.4, 0.5) is 11.4 Å². The molecule has 1 aromatic carbocycles. The van der Waals surface area contributed by atoms with E-state index in [0.717, 1.165) is 0 Å². The van der Waals surface area contributed by atoms with E-state index in [2.05, 4.69) is 5.32 Å². The second kappa shape index (κ2) is 8.02. The lowest BCUT2D eigenvalue weighted by Crippen LogP contribution is -2.40. The van der Waals surface area contributed by atoms with Crippen molar-refractivity contribution in [1.29, 1.82) is 0 Å². The summed E-state index contributed by atoms with van der Waals surface area (Å²) < 4.78 is 0. The maximum Gasteiger partial charge on any atom is 0.326 e. The predicted octanol–water partition coefficient (Wildman–Crippen LogP) is 0.684. The zero-order chi connectivity index (χ0) is 15.3. The Morgan fingerprint density at radius 3 is 2.14 bits per heavy atom. The Morgan fingerprint density at radius 2 is 1.76 bits per heavy atom. The number of anilines is 1. The number of hydrogen-bond acceptors (Lipinski definition) is 6. The summed E-state index contributed by atoms with van der Waals surface area (Å²) in [7, 11) is 0. The van der Waals surface area contributed by atoms with Crippen molar-refractivity contribution < 1.29 is 24.7 Å². The second-order valence-corrected chi connectivity index (χ2v) is 4.02. The van der Waals surface area contributed by atoms with Crippen molar-refractivity contribution in [3.8, 4) is 0 Å². The van der Waals surface area contributed by atoms with Gasteiger partial charge in [0.2, 0.25) is 0 Å². The summed E-state index contributed by atoms with van der Waals surface area (Å²) in [6.45, 7) is 0. The molecule has 21 heavy (non-hydrogen) atoms. The summed E-state index contributed by atoms with van der Waals surface area (Å²) in [5.41, 5.74) is 5.47. The molecule has 0 aliphatic heterocycles. The number of nitrogens with zero attached hydrogens (tertiary/aromatic N) is 1. The smallest absolute Gasteiger partial charge is 0.326 e. The van der Waals surface area contributed by atoms with Crippen molar-refractivity contribution in [3.05, 3.63) is 34.4 Å². The topological polar surface area (TPSA) is 156 Å². The van der Waals surface area contributed by atoms with Gasteiger partial charge in [0, 0.05) is 24.2 Å². The van der Waals surface area contributed by atoms with Crippen molar-refractivity contribution in [3.63, 3.8) is 0 Å². The Labute approximate surface area is 125 Å². The molecule has 0 aliphatic carbocycles. The van der Waals surface area contributed by atoms with Crippen LogP contribution in [0, 0.1) is 10.1 Å². The molecule has 116 valence electrons. The lowest BCUT2D eigenvalue weighted by atomic mass is 10.1. The van der Waals surface area contributed by atoms with E-state index < -0.39 is 28.9 Å². The molecule has 0 aliphatic rings. The van der Waals surface area contributed by atoms with Crippen LogP contribution in [0.25, 0.3) is 0 Å². The van der Waals surface area contributed by atoms with Gasteiger partial charge < -0.3 is 21.3 Å². The van der Waals surface area contributed by atoms with Crippen LogP contribution in [0.15, 0.2) is 24.3 Å². The fraction of sp³-hybridized carbons (Fsp3) is 0.273. The van der Waals surface area contributed by atoms with Gasteiger partial charge in [-0.25, -0.2) is 4.79 Å². The minimum Gasteiger partial charge on any atom is -0.480 e. The number of halogens is 1. The first kappa shape index (κ1) is 18.6. The highest BCUT2D eigenvalue weighted by Crippen LogP contribution is 2.17. The number of benzene rings is 1. The molecule has 0 aromatic heterocycles. The van der Waals surface area contributed by atoms with E-state index in [1.165, 1.54) is 24.3 Å². The molecule has 1 unspecified atom stereocenters. The van der Waals surface area contributed by atoms with Crippen LogP contribution >= 0.6 is 12.4 Å². The number of nitro groups is 1. The highest BCUT2D eigenvalue weighted by Gasteiger charge is 2.24. The SMILES string of the molecule is Cl.N[C@@H](CC(Nc1ccc([N+](=O)[O-])cc1)C(=O)O)C(=O)O. The van der Waals surface area contributed by atoms with E-state index in [1.54, 1.807) is 0 Å². The van der Waals surface area contributed by atoms with Crippen molar-refractivity contribution >= 4 is 35.7 Å². The Kier molecular flexibility index (Phi) is 7.11. The van der Waals surface area contributed by atoms with E-state index >= 15 is 0 Å². The fourth-order valence-corrected chi connectivity index (χ4v) is 1.46. The van der Waals surface area contributed by atoms with Crippen LogP contribution in [0.1, 0.15) is 6.42 Å². The number of nitro benzene ring substituents is 1. The van der Waals surface area contributed by atoms with Crippen molar-refractivity contribution in [1.82, 2.24) is 0 Å². The number of carboxylic acids is 2. The third kappa shape index (κ3) is 5.63. The summed E-state index contributed by atoms with van der Waals surface area (Å²) >= 11 is 0. The van der Waals surface area contributed by atoms with Gasteiger partial charge in [0.1, 0.15) is 12.1 Å². The lowest BCUT2D eigenvalue weighted by Gasteiger charge is -2.17. The molecule has 0 radical (unpaired) electrons. The summed E-state index contributed by atoms with van der Waals surface area (Å²) in [5.74, 6) is -2.57. The van der Waals surface area contributed by atoms with Gasteiger partial charge in [0.25, 0.3) is 5.69 Å². The van der Waals surface area contributed by atoms with E-state index in [4.69, 9.17) is 15.9 Å². The minimum atomic E-state index is -1.32. The van der Waals surface area contributed by atoms with E-state index in [9.17, 15) is 19.7 Å². The largest absolute Gasteiger partial charge is 0.480 e. The highest BCUT2D eigenvalue weighted by atomic mass is 35.5. The van der Waals surface area contributed by atoms with Crippen molar-refractivity contribution in [2.75, 3.05) is 5.32 Å². The molecule has 5 N–H and O–H groups in total. The maximum absolute atomic E-state index is 11.0. The first-order valence-electron chi connectivity index (χ1n) is 5.53. The summed E-state index contributed by atoms with van der Waals surface area (Å²) in [6, 6.07) is 2.56. The standard InChI is InChI=1S/C11H13N3O6.ClH/c12-8(10(15)16)5-9(11(17)18)13-6-1-3-7(4-2-6)14(19)20;/h1-4,8-9,13H,5,12H2,(H,15,16)(H,17,18);1H/t8-,9?;/m0./s1. The molecule has 0 spiro atoms. The van der Waals surface area contributed by atoms with Gasteiger partial charge in [-0.2, -0.15) is 0 Å². The number of nitrogens with two attached hydrogens (primary N) is 1. The molecule has 0 amide bonds. The number of non-ortho nitro benzene ring substituents is 1. The average Bonchev–Trinajstić information content (AvgIpc) is 2.38. The molecular formula is C11H14ClN3O6. The maximum atomic E-state index is 11.0. The Morgan fingerprint density at radius 1 is 1.24 bits per heavy atom. The zero-order valence-electron chi connectivity index (χ0n) is 10.6. The molecule has 0 bridgehead atoms. The van der Waals surface area contributed by atoms with Crippen molar-refractivity contribution in [2.24, 2.45) is 5.73 Å². The number of hydrogen-bond donors (Lipinski definition) is 4. The summed E-state index contributed by atoms with van der Waals surface area (Å²) in [6.07, 6.45) is -0.318. The number of carbonyl (C=O) groups is 2. The van der Waals surface area contributed by atoms with Gasteiger partial charge in [-0.3, -0.25) is 14.9 Å². The van der Waals surface area contributed by atoms with Crippen LogP contribution in [-0.2, 0) is 9.59 Å². The number of carboxylic acid groups (broad SMARTS) is 2. The fourth-order valence-electron chi connectivity index (χ4n) is 1.46. The molecule has 9 nitrogen and oxygen atoms in total. The van der Waals surface area contributed by atoms with Crippen LogP contribution < -0.4 is 11.1 Å². The number of aliphatic carboxylic acids is 2. The Bertz CT molecular complexity index is 521. The quantitative estimate of drug-likeness (QED) is 0.422. The van der Waals surface area contributed by atoms with Gasteiger partial charge in [-0.15, -0.1) is 12.4 Å². The van der Waals surface area contributed by atoms with Gasteiger partial charge in [0.05, 0.1) is 4.92 Å². The van der Waals surface area contributed by atoms with Crippen molar-refractivity contribution in [2.45, 2.75) is 18.5 Å². The molecule has 1 aromatic rings. The molecule has 1 rings (SSSR count). The first-order valence-corrected chi connectivity index (χ1v) is 5.53. The third-order valence-corrected chi connectivity index (χ3v) is 2.52. The molecule has 0 fully saturated rings. The third-order valence-electron chi connectivity index (χ3n) is 2.52. The molecule has 0 saturated heterocycles. The van der Waals surface area contributed by atoms with Gasteiger partial charge in [-0.1, -0.05) is 0 Å². The van der Waals surface area contributed by atoms with Gasteiger partial charge in [-0.05, 0) is 12.1 Å². The predicted molar refractivity (Wildman–Crippen MR) is 75.6 cm³/mol. The molecule has 0 heterocycles. The molecule has 2 atom stereocenters. The van der Waals surface area contributed by atoms with Gasteiger partial charge in [0.15, 0.2) is 0 Å².